The van der Waals surface area contributed by atoms with E-state index in [0.29, 0.717) is 30.3 Å². The predicted molar refractivity (Wildman–Crippen MR) is 113 cm³/mol. The fourth-order valence-corrected chi connectivity index (χ4v) is 3.56. The molecule has 1 heterocycles. The molecule has 1 aliphatic heterocycles. The topological polar surface area (TPSA) is 63.3 Å². The highest BCUT2D eigenvalue weighted by atomic mass is 16.5. The van der Waals surface area contributed by atoms with Crippen molar-refractivity contribution in [2.75, 3.05) is 52.8 Å². The van der Waals surface area contributed by atoms with Crippen molar-refractivity contribution in [1.29, 1.82) is 0 Å². The number of piperazine rings is 1. The summed E-state index contributed by atoms with van der Waals surface area (Å²) in [6.45, 7) is 5.66. The zero-order valence-electron chi connectivity index (χ0n) is 17.5. The van der Waals surface area contributed by atoms with Crippen molar-refractivity contribution in [3.05, 3.63) is 47.5 Å². The standard InChI is InChI=1S/C22H29N3O4/c1-16-6-5-7-18(14-16)23-22(26)25-12-10-24(11-13-25)15-17-8-9-19(27-2)21(29-4)20(17)28-3/h5-9,14H,10-13,15H2,1-4H3,(H,23,26). The molecule has 1 saturated heterocycles. The Kier molecular flexibility index (Phi) is 6.82. The first-order valence-corrected chi connectivity index (χ1v) is 9.68. The molecule has 0 spiro atoms. The van der Waals surface area contributed by atoms with Gasteiger partial charge in [-0.15, -0.1) is 0 Å². The smallest absolute Gasteiger partial charge is 0.321 e. The number of hydrogen-bond acceptors (Lipinski definition) is 5. The lowest BCUT2D eigenvalue weighted by molar-refractivity contribution is 0.142. The minimum atomic E-state index is -0.0565. The fraction of sp³-hybridized carbons (Fsp3) is 0.409. The highest BCUT2D eigenvalue weighted by molar-refractivity contribution is 5.89. The Balaban J connectivity index is 1.59. The summed E-state index contributed by atoms with van der Waals surface area (Å²) in [5, 5.41) is 2.98. The number of benzene rings is 2. The Morgan fingerprint density at radius 2 is 1.69 bits per heavy atom. The molecule has 2 aromatic rings. The number of nitrogens with one attached hydrogen (secondary N) is 1. The van der Waals surface area contributed by atoms with Crippen LogP contribution in [0.1, 0.15) is 11.1 Å². The van der Waals surface area contributed by atoms with Crippen LogP contribution < -0.4 is 19.5 Å². The number of carbonyl (C=O) groups excluding carboxylic acids is 1. The van der Waals surface area contributed by atoms with E-state index in [-0.39, 0.29) is 6.03 Å². The molecule has 2 aromatic carbocycles. The van der Waals surface area contributed by atoms with E-state index < -0.39 is 0 Å². The van der Waals surface area contributed by atoms with E-state index in [0.717, 1.165) is 36.4 Å². The summed E-state index contributed by atoms with van der Waals surface area (Å²) in [6, 6.07) is 11.7. The summed E-state index contributed by atoms with van der Waals surface area (Å²) < 4.78 is 16.4. The normalized spacial score (nSPS) is 14.4. The molecule has 0 atom stereocenters. The number of hydrogen-bond donors (Lipinski definition) is 1. The van der Waals surface area contributed by atoms with E-state index in [2.05, 4.69) is 10.2 Å². The molecule has 0 unspecified atom stereocenters. The molecule has 7 nitrogen and oxygen atoms in total. The Hall–Kier alpha value is -2.93. The van der Waals surface area contributed by atoms with Crippen LogP contribution in [0.25, 0.3) is 0 Å². The van der Waals surface area contributed by atoms with E-state index >= 15 is 0 Å². The van der Waals surface area contributed by atoms with Gasteiger partial charge in [0.2, 0.25) is 5.75 Å². The summed E-state index contributed by atoms with van der Waals surface area (Å²) in [5.74, 6) is 1.93. The van der Waals surface area contributed by atoms with Crippen LogP contribution in [0.2, 0.25) is 0 Å². The second-order valence-corrected chi connectivity index (χ2v) is 7.06. The summed E-state index contributed by atoms with van der Waals surface area (Å²) in [6.07, 6.45) is 0. The number of urea groups is 1. The molecule has 2 amide bonds. The van der Waals surface area contributed by atoms with Gasteiger partial charge < -0.3 is 24.4 Å². The van der Waals surface area contributed by atoms with Gasteiger partial charge in [0.1, 0.15) is 0 Å². The van der Waals surface area contributed by atoms with Crippen molar-refractivity contribution < 1.29 is 19.0 Å². The minimum absolute atomic E-state index is 0.0565. The molecule has 0 bridgehead atoms. The van der Waals surface area contributed by atoms with Gasteiger partial charge >= 0.3 is 6.03 Å². The Morgan fingerprint density at radius 3 is 2.31 bits per heavy atom. The van der Waals surface area contributed by atoms with Gasteiger partial charge in [0.25, 0.3) is 0 Å². The highest BCUT2D eigenvalue weighted by Gasteiger charge is 2.23. The number of anilines is 1. The van der Waals surface area contributed by atoms with Gasteiger partial charge in [-0.3, -0.25) is 4.90 Å². The lowest BCUT2D eigenvalue weighted by atomic mass is 10.1. The van der Waals surface area contributed by atoms with Gasteiger partial charge in [0, 0.05) is 44.0 Å². The Labute approximate surface area is 172 Å². The number of ether oxygens (including phenoxy) is 3. The van der Waals surface area contributed by atoms with Crippen LogP contribution >= 0.6 is 0 Å². The Bertz CT molecular complexity index is 848. The zero-order valence-corrected chi connectivity index (χ0v) is 17.5. The highest BCUT2D eigenvalue weighted by Crippen LogP contribution is 2.40. The summed E-state index contributed by atoms with van der Waals surface area (Å²) in [7, 11) is 4.85. The fourth-order valence-electron chi connectivity index (χ4n) is 3.56. The number of methoxy groups -OCH3 is 3. The molecule has 7 heteroatoms. The van der Waals surface area contributed by atoms with Crippen molar-refractivity contribution >= 4 is 11.7 Å². The molecule has 1 N–H and O–H groups in total. The van der Waals surface area contributed by atoms with Crippen LogP contribution in [-0.4, -0.2) is 63.3 Å². The van der Waals surface area contributed by atoms with Gasteiger partial charge in [-0.25, -0.2) is 4.79 Å². The lowest BCUT2D eigenvalue weighted by Gasteiger charge is -2.35. The Morgan fingerprint density at radius 1 is 0.966 bits per heavy atom. The first-order chi connectivity index (χ1) is 14.0. The predicted octanol–water partition coefficient (Wildman–Crippen LogP) is 3.37. The van der Waals surface area contributed by atoms with Gasteiger partial charge in [0.05, 0.1) is 21.3 Å². The average molecular weight is 399 g/mol. The molecule has 29 heavy (non-hydrogen) atoms. The van der Waals surface area contributed by atoms with E-state index in [1.807, 2.05) is 48.2 Å². The first kappa shape index (κ1) is 20.8. The molecule has 1 fully saturated rings. The molecular formula is C22H29N3O4. The second-order valence-electron chi connectivity index (χ2n) is 7.06. The van der Waals surface area contributed by atoms with Crippen LogP contribution in [-0.2, 0) is 6.54 Å². The lowest BCUT2D eigenvalue weighted by Crippen LogP contribution is -2.49. The van der Waals surface area contributed by atoms with Crippen molar-refractivity contribution in [3.8, 4) is 17.2 Å². The van der Waals surface area contributed by atoms with Crippen LogP contribution in [0, 0.1) is 6.92 Å². The third-order valence-corrected chi connectivity index (χ3v) is 5.11. The van der Waals surface area contributed by atoms with Crippen LogP contribution in [0.4, 0.5) is 10.5 Å². The molecule has 0 saturated carbocycles. The maximum absolute atomic E-state index is 12.5. The maximum Gasteiger partial charge on any atom is 0.321 e. The number of aryl methyl sites for hydroxylation is 1. The molecule has 3 rings (SSSR count). The third kappa shape index (κ3) is 4.92. The van der Waals surface area contributed by atoms with Crippen LogP contribution in [0.3, 0.4) is 0 Å². The van der Waals surface area contributed by atoms with Gasteiger partial charge in [-0.05, 0) is 30.7 Å². The van der Waals surface area contributed by atoms with Gasteiger partial charge in [0.15, 0.2) is 11.5 Å². The largest absolute Gasteiger partial charge is 0.493 e. The number of amides is 2. The summed E-state index contributed by atoms with van der Waals surface area (Å²) in [5.41, 5.74) is 2.98. The molecule has 0 radical (unpaired) electrons. The van der Waals surface area contributed by atoms with Gasteiger partial charge in [-0.1, -0.05) is 18.2 Å². The minimum Gasteiger partial charge on any atom is -0.493 e. The van der Waals surface area contributed by atoms with E-state index in [1.165, 1.54) is 0 Å². The second kappa shape index (κ2) is 9.52. The number of rotatable bonds is 6. The number of carbonyl (C=O) groups is 1. The van der Waals surface area contributed by atoms with Crippen molar-refractivity contribution in [3.63, 3.8) is 0 Å². The first-order valence-electron chi connectivity index (χ1n) is 9.68. The van der Waals surface area contributed by atoms with E-state index in [1.54, 1.807) is 21.3 Å². The molecule has 156 valence electrons. The van der Waals surface area contributed by atoms with Crippen molar-refractivity contribution in [2.45, 2.75) is 13.5 Å². The molecule has 0 aromatic heterocycles. The van der Waals surface area contributed by atoms with Crippen LogP contribution in [0.15, 0.2) is 36.4 Å². The SMILES string of the molecule is COc1ccc(CN2CCN(C(=O)Nc3cccc(C)c3)CC2)c(OC)c1OC. The maximum atomic E-state index is 12.5. The van der Waals surface area contributed by atoms with Crippen LogP contribution in [0.5, 0.6) is 17.2 Å². The summed E-state index contributed by atoms with van der Waals surface area (Å²) >= 11 is 0. The molecule has 0 aliphatic carbocycles. The van der Waals surface area contributed by atoms with E-state index in [9.17, 15) is 4.79 Å². The third-order valence-electron chi connectivity index (χ3n) is 5.11. The van der Waals surface area contributed by atoms with E-state index in [4.69, 9.17) is 14.2 Å². The summed E-state index contributed by atoms with van der Waals surface area (Å²) in [4.78, 5) is 16.7. The number of nitrogens with zero attached hydrogens (tertiary/aromatic N) is 2. The average Bonchev–Trinajstić information content (AvgIpc) is 2.73. The zero-order chi connectivity index (χ0) is 20.8. The van der Waals surface area contributed by atoms with Gasteiger partial charge in [-0.2, -0.15) is 0 Å². The quantitative estimate of drug-likeness (QED) is 0.807. The molecule has 1 aliphatic rings. The van der Waals surface area contributed by atoms with Crippen molar-refractivity contribution in [1.82, 2.24) is 9.80 Å². The molecular weight excluding hydrogens is 370 g/mol. The van der Waals surface area contributed by atoms with Crippen molar-refractivity contribution in [2.24, 2.45) is 0 Å². The monoisotopic (exact) mass is 399 g/mol.